The Bertz CT molecular complexity index is 975. The first kappa shape index (κ1) is 18.3. The topological polar surface area (TPSA) is 68.2 Å². The number of aromatic nitrogens is 3. The lowest BCUT2D eigenvalue weighted by Gasteiger charge is -2.25. The van der Waals surface area contributed by atoms with Gasteiger partial charge in [-0.25, -0.2) is 14.8 Å². The zero-order chi connectivity index (χ0) is 18.8. The second kappa shape index (κ2) is 7.37. The van der Waals surface area contributed by atoms with E-state index in [9.17, 15) is 4.79 Å². The van der Waals surface area contributed by atoms with Crippen LogP contribution >= 0.6 is 15.9 Å². The fourth-order valence-corrected chi connectivity index (χ4v) is 2.88. The molecule has 0 fully saturated rings. The molecule has 0 amide bonds. The highest BCUT2D eigenvalue weighted by molar-refractivity contribution is 9.10. The average molecular weight is 415 g/mol. The van der Waals surface area contributed by atoms with E-state index in [1.165, 1.54) is 7.11 Å². The lowest BCUT2D eigenvalue weighted by Crippen LogP contribution is -2.27. The zero-order valence-electron chi connectivity index (χ0n) is 15.0. The molecule has 0 bridgehead atoms. The number of halogens is 1. The third-order valence-electron chi connectivity index (χ3n) is 4.15. The first-order chi connectivity index (χ1) is 12.4. The van der Waals surface area contributed by atoms with Gasteiger partial charge in [0.1, 0.15) is 5.69 Å². The molecule has 0 spiro atoms. The van der Waals surface area contributed by atoms with Crippen LogP contribution in [-0.4, -0.2) is 41.1 Å². The summed E-state index contributed by atoms with van der Waals surface area (Å²) in [6.45, 7) is 4.17. The fourth-order valence-electron chi connectivity index (χ4n) is 2.52. The smallest absolute Gasteiger partial charge is 0.337 e. The molecule has 0 aliphatic carbocycles. The molecule has 0 saturated heterocycles. The molecular formula is C19H19BrN4O2. The van der Waals surface area contributed by atoms with Gasteiger partial charge in [-0.15, -0.1) is 0 Å². The minimum atomic E-state index is -0.396. The Kier molecular flexibility index (Phi) is 5.18. The first-order valence-corrected chi connectivity index (χ1v) is 8.94. The highest BCUT2D eigenvalue weighted by Crippen LogP contribution is 2.31. The van der Waals surface area contributed by atoms with Crippen molar-refractivity contribution >= 4 is 38.8 Å². The van der Waals surface area contributed by atoms with Crippen molar-refractivity contribution in [3.05, 3.63) is 46.7 Å². The summed E-state index contributed by atoms with van der Waals surface area (Å²) in [6, 6.07) is 7.36. The standard InChI is InChI=1S/C19H19BrN4O2/c1-11(2)24(3)18-17(13-7-14(20)10-21-9-13)22-15-6-5-12(19(25)26-4)8-16(15)23-18/h5-11H,1-4H3. The second-order valence-electron chi connectivity index (χ2n) is 6.19. The van der Waals surface area contributed by atoms with Crippen LogP contribution in [0.2, 0.25) is 0 Å². The summed E-state index contributed by atoms with van der Waals surface area (Å²) in [5.74, 6) is 0.335. The number of esters is 1. The Morgan fingerprint density at radius 2 is 1.92 bits per heavy atom. The molecule has 0 aliphatic rings. The molecule has 0 radical (unpaired) electrons. The molecule has 3 aromatic rings. The van der Waals surface area contributed by atoms with E-state index in [2.05, 4.69) is 34.8 Å². The number of hydrogen-bond donors (Lipinski definition) is 0. The van der Waals surface area contributed by atoms with E-state index in [0.29, 0.717) is 16.6 Å². The molecule has 2 aromatic heterocycles. The maximum Gasteiger partial charge on any atom is 0.337 e. The van der Waals surface area contributed by atoms with Gasteiger partial charge in [-0.3, -0.25) is 4.98 Å². The molecule has 134 valence electrons. The van der Waals surface area contributed by atoms with Gasteiger partial charge in [0.15, 0.2) is 5.82 Å². The van der Waals surface area contributed by atoms with Crippen LogP contribution in [0.5, 0.6) is 0 Å². The number of anilines is 1. The molecule has 0 aliphatic heterocycles. The molecule has 3 rings (SSSR count). The Labute approximate surface area is 160 Å². The number of carbonyl (C=O) groups is 1. The summed E-state index contributed by atoms with van der Waals surface area (Å²) in [7, 11) is 3.33. The molecule has 0 atom stereocenters. The first-order valence-electron chi connectivity index (χ1n) is 8.14. The van der Waals surface area contributed by atoms with Crippen LogP contribution < -0.4 is 4.90 Å². The van der Waals surface area contributed by atoms with E-state index in [4.69, 9.17) is 14.7 Å². The number of ether oxygens (including phenoxy) is 1. The normalized spacial score (nSPS) is 11.0. The summed E-state index contributed by atoms with van der Waals surface area (Å²) < 4.78 is 5.67. The lowest BCUT2D eigenvalue weighted by atomic mass is 10.1. The molecule has 6 nitrogen and oxygen atoms in total. The van der Waals surface area contributed by atoms with Crippen LogP contribution in [-0.2, 0) is 4.74 Å². The molecule has 1 aromatic carbocycles. The lowest BCUT2D eigenvalue weighted by molar-refractivity contribution is 0.0601. The van der Waals surface area contributed by atoms with Gasteiger partial charge in [0.05, 0.1) is 23.7 Å². The van der Waals surface area contributed by atoms with E-state index in [0.717, 1.165) is 21.5 Å². The van der Waals surface area contributed by atoms with E-state index in [-0.39, 0.29) is 6.04 Å². The average Bonchev–Trinajstić information content (AvgIpc) is 2.65. The largest absolute Gasteiger partial charge is 0.465 e. The molecular weight excluding hydrogens is 396 g/mol. The SMILES string of the molecule is COC(=O)c1ccc2nc(-c3cncc(Br)c3)c(N(C)C(C)C)nc2c1. The highest BCUT2D eigenvalue weighted by Gasteiger charge is 2.18. The van der Waals surface area contributed by atoms with Gasteiger partial charge in [-0.1, -0.05) is 0 Å². The van der Waals surface area contributed by atoms with Gasteiger partial charge >= 0.3 is 5.97 Å². The minimum absolute atomic E-state index is 0.226. The van der Waals surface area contributed by atoms with E-state index in [1.807, 2.05) is 18.0 Å². The van der Waals surface area contributed by atoms with Crippen molar-refractivity contribution in [1.29, 1.82) is 0 Å². The molecule has 2 heterocycles. The maximum absolute atomic E-state index is 11.8. The number of pyridine rings is 1. The van der Waals surface area contributed by atoms with Gasteiger partial charge < -0.3 is 9.64 Å². The van der Waals surface area contributed by atoms with Gasteiger partial charge in [-0.05, 0) is 54.0 Å². The summed E-state index contributed by atoms with van der Waals surface area (Å²) in [4.78, 5) is 27.7. The Morgan fingerprint density at radius 1 is 1.15 bits per heavy atom. The number of methoxy groups -OCH3 is 1. The summed E-state index contributed by atoms with van der Waals surface area (Å²) in [6.07, 6.45) is 3.49. The van der Waals surface area contributed by atoms with Crippen molar-refractivity contribution < 1.29 is 9.53 Å². The monoisotopic (exact) mass is 414 g/mol. The van der Waals surface area contributed by atoms with E-state index >= 15 is 0 Å². The number of benzene rings is 1. The van der Waals surface area contributed by atoms with Crippen molar-refractivity contribution in [3.63, 3.8) is 0 Å². The summed E-state index contributed by atoms with van der Waals surface area (Å²) >= 11 is 3.46. The van der Waals surface area contributed by atoms with Gasteiger partial charge in [-0.2, -0.15) is 0 Å². The predicted octanol–water partition coefficient (Wildman–Crippen LogP) is 4.09. The van der Waals surface area contributed by atoms with Crippen molar-refractivity contribution in [2.45, 2.75) is 19.9 Å². The van der Waals surface area contributed by atoms with Crippen LogP contribution in [0.15, 0.2) is 41.1 Å². The predicted molar refractivity (Wildman–Crippen MR) is 105 cm³/mol. The van der Waals surface area contributed by atoms with Crippen molar-refractivity contribution in [2.75, 3.05) is 19.1 Å². The molecule has 7 heteroatoms. The Balaban J connectivity index is 2.25. The summed E-state index contributed by atoms with van der Waals surface area (Å²) in [5.41, 5.74) is 3.40. The Morgan fingerprint density at radius 3 is 2.58 bits per heavy atom. The third-order valence-corrected chi connectivity index (χ3v) is 4.59. The number of nitrogens with zero attached hydrogens (tertiary/aromatic N) is 4. The van der Waals surface area contributed by atoms with E-state index < -0.39 is 5.97 Å². The quantitative estimate of drug-likeness (QED) is 0.598. The fraction of sp³-hybridized carbons (Fsp3) is 0.263. The zero-order valence-corrected chi connectivity index (χ0v) is 16.6. The van der Waals surface area contributed by atoms with Crippen LogP contribution in [0.3, 0.4) is 0 Å². The molecule has 26 heavy (non-hydrogen) atoms. The van der Waals surface area contributed by atoms with Crippen molar-refractivity contribution in [3.8, 4) is 11.3 Å². The molecule has 0 saturated carbocycles. The second-order valence-corrected chi connectivity index (χ2v) is 7.10. The number of rotatable bonds is 4. The molecule has 0 N–H and O–H groups in total. The van der Waals surface area contributed by atoms with Crippen LogP contribution in [0.1, 0.15) is 24.2 Å². The number of fused-ring (bicyclic) bond motifs is 1. The van der Waals surface area contributed by atoms with Crippen molar-refractivity contribution in [1.82, 2.24) is 15.0 Å². The highest BCUT2D eigenvalue weighted by atomic mass is 79.9. The van der Waals surface area contributed by atoms with E-state index in [1.54, 1.807) is 30.6 Å². The number of hydrogen-bond acceptors (Lipinski definition) is 6. The minimum Gasteiger partial charge on any atom is -0.465 e. The molecule has 0 unspecified atom stereocenters. The Hall–Kier alpha value is -2.54. The van der Waals surface area contributed by atoms with Gasteiger partial charge in [0, 0.05) is 35.5 Å². The maximum atomic E-state index is 11.8. The van der Waals surface area contributed by atoms with Crippen LogP contribution in [0.4, 0.5) is 5.82 Å². The van der Waals surface area contributed by atoms with Gasteiger partial charge in [0.25, 0.3) is 0 Å². The van der Waals surface area contributed by atoms with Crippen LogP contribution in [0.25, 0.3) is 22.3 Å². The summed E-state index contributed by atoms with van der Waals surface area (Å²) in [5, 5.41) is 0. The number of carbonyl (C=O) groups excluding carboxylic acids is 1. The third kappa shape index (κ3) is 3.53. The van der Waals surface area contributed by atoms with Crippen LogP contribution in [0, 0.1) is 0 Å². The van der Waals surface area contributed by atoms with Gasteiger partial charge in [0.2, 0.25) is 0 Å². The van der Waals surface area contributed by atoms with Crippen molar-refractivity contribution in [2.24, 2.45) is 0 Å².